The fraction of sp³-hybridized carbons (Fsp3) is 0.222. The van der Waals surface area contributed by atoms with Crippen LogP contribution < -0.4 is 5.32 Å². The summed E-state index contributed by atoms with van der Waals surface area (Å²) in [5.41, 5.74) is 2.64. The summed E-state index contributed by atoms with van der Waals surface area (Å²) in [6.45, 7) is 2.73. The van der Waals surface area contributed by atoms with E-state index < -0.39 is 23.4 Å². The number of nitro groups is 1. The lowest BCUT2D eigenvalue weighted by atomic mass is 10.1. The molecule has 3 rings (SSSR count). The highest BCUT2D eigenvalue weighted by Gasteiger charge is 2.18. The van der Waals surface area contributed by atoms with Crippen molar-refractivity contribution in [2.24, 2.45) is 0 Å². The number of ether oxygens (including phenoxy) is 1. The molecule has 144 valence electrons. The molecule has 1 heterocycles. The summed E-state index contributed by atoms with van der Waals surface area (Å²) in [6.07, 6.45) is 0. The molecule has 1 aromatic heterocycles. The average molecular weight is 383 g/mol. The van der Waals surface area contributed by atoms with Crippen LogP contribution in [0.25, 0.3) is 11.0 Å². The summed E-state index contributed by atoms with van der Waals surface area (Å²) in [6, 6.07) is 10.00. The van der Waals surface area contributed by atoms with Gasteiger partial charge in [-0.3, -0.25) is 19.7 Å². The lowest BCUT2D eigenvalue weighted by Crippen LogP contribution is -2.23. The minimum Gasteiger partial charge on any atom is -0.454 e. The first kappa shape index (κ1) is 19.0. The molecule has 0 saturated heterocycles. The molecule has 0 aliphatic heterocycles. The molecule has 0 aliphatic rings. The Hall–Kier alpha value is -3.82. The molecule has 28 heavy (non-hydrogen) atoms. The SMILES string of the molecule is Cc1cc(NC(=O)COC(=O)Cn2nnc3ccccc32)c([N+](=O)[O-])cc1C. The summed E-state index contributed by atoms with van der Waals surface area (Å²) in [5, 5.41) is 21.4. The Kier molecular flexibility index (Phi) is 5.30. The van der Waals surface area contributed by atoms with Gasteiger partial charge in [0.2, 0.25) is 0 Å². The first-order valence-electron chi connectivity index (χ1n) is 8.34. The number of nitrogens with one attached hydrogen (secondary N) is 1. The second-order valence-corrected chi connectivity index (χ2v) is 6.16. The van der Waals surface area contributed by atoms with Gasteiger partial charge in [0.1, 0.15) is 17.7 Å². The minimum atomic E-state index is -0.680. The number of hydrogen-bond donors (Lipinski definition) is 1. The zero-order chi connectivity index (χ0) is 20.3. The number of carbonyl (C=O) groups excluding carboxylic acids is 2. The number of rotatable bonds is 6. The van der Waals surface area contributed by atoms with Gasteiger partial charge >= 0.3 is 5.97 Å². The maximum atomic E-state index is 12.1. The van der Waals surface area contributed by atoms with Gasteiger partial charge in [-0.2, -0.15) is 0 Å². The van der Waals surface area contributed by atoms with E-state index in [4.69, 9.17) is 4.74 Å². The Morgan fingerprint density at radius 2 is 1.93 bits per heavy atom. The molecular formula is C18H17N5O5. The molecule has 0 saturated carbocycles. The summed E-state index contributed by atoms with van der Waals surface area (Å²) >= 11 is 0. The Bertz CT molecular complexity index is 1080. The molecule has 0 spiro atoms. The van der Waals surface area contributed by atoms with E-state index in [1.165, 1.54) is 16.8 Å². The van der Waals surface area contributed by atoms with Crippen molar-refractivity contribution in [2.75, 3.05) is 11.9 Å². The quantitative estimate of drug-likeness (QED) is 0.392. The smallest absolute Gasteiger partial charge is 0.328 e. The van der Waals surface area contributed by atoms with Crippen molar-refractivity contribution >= 4 is 34.3 Å². The largest absolute Gasteiger partial charge is 0.454 e. The number of aryl methyl sites for hydroxylation is 2. The lowest BCUT2D eigenvalue weighted by Gasteiger charge is -2.09. The maximum absolute atomic E-state index is 12.1. The van der Waals surface area contributed by atoms with Gasteiger partial charge in [-0.05, 0) is 43.2 Å². The Morgan fingerprint density at radius 3 is 2.68 bits per heavy atom. The van der Waals surface area contributed by atoms with E-state index in [2.05, 4.69) is 15.6 Å². The van der Waals surface area contributed by atoms with Crippen molar-refractivity contribution < 1.29 is 19.2 Å². The van der Waals surface area contributed by atoms with E-state index in [1.807, 2.05) is 0 Å². The van der Waals surface area contributed by atoms with E-state index in [9.17, 15) is 19.7 Å². The van der Waals surface area contributed by atoms with Crippen LogP contribution >= 0.6 is 0 Å². The van der Waals surface area contributed by atoms with E-state index in [1.54, 1.807) is 38.1 Å². The summed E-state index contributed by atoms with van der Waals surface area (Å²) in [7, 11) is 0. The lowest BCUT2D eigenvalue weighted by molar-refractivity contribution is -0.384. The monoisotopic (exact) mass is 383 g/mol. The van der Waals surface area contributed by atoms with Gasteiger partial charge in [0.25, 0.3) is 11.6 Å². The van der Waals surface area contributed by atoms with Gasteiger partial charge in [0.05, 0.1) is 10.4 Å². The van der Waals surface area contributed by atoms with Crippen molar-refractivity contribution in [2.45, 2.75) is 20.4 Å². The third-order valence-electron chi connectivity index (χ3n) is 4.15. The molecule has 0 fully saturated rings. The maximum Gasteiger partial charge on any atom is 0.328 e. The Balaban J connectivity index is 1.61. The standard InChI is InChI=1S/C18H17N5O5/c1-11-7-14(16(23(26)27)8-12(11)2)19-17(24)10-28-18(25)9-22-15-6-4-3-5-13(15)20-21-22/h3-8H,9-10H2,1-2H3,(H,19,24). The normalized spacial score (nSPS) is 10.6. The molecule has 0 atom stereocenters. The van der Waals surface area contributed by atoms with E-state index in [0.717, 1.165) is 11.1 Å². The summed E-state index contributed by atoms with van der Waals surface area (Å²) in [5.74, 6) is -1.36. The van der Waals surface area contributed by atoms with Crippen LogP contribution in [0.4, 0.5) is 11.4 Å². The molecule has 0 bridgehead atoms. The van der Waals surface area contributed by atoms with Crippen LogP contribution in [-0.4, -0.2) is 38.4 Å². The fourth-order valence-electron chi connectivity index (χ4n) is 2.59. The summed E-state index contributed by atoms with van der Waals surface area (Å²) < 4.78 is 6.31. The third-order valence-corrected chi connectivity index (χ3v) is 4.15. The van der Waals surface area contributed by atoms with Crippen molar-refractivity contribution in [3.8, 4) is 0 Å². The summed E-state index contributed by atoms with van der Waals surface area (Å²) in [4.78, 5) is 34.6. The van der Waals surface area contributed by atoms with E-state index in [-0.39, 0.29) is 17.9 Å². The molecule has 0 aliphatic carbocycles. The van der Waals surface area contributed by atoms with Crippen LogP contribution in [0, 0.1) is 24.0 Å². The van der Waals surface area contributed by atoms with Crippen LogP contribution in [-0.2, 0) is 20.9 Å². The topological polar surface area (TPSA) is 129 Å². The predicted octanol–water partition coefficient (Wildman–Crippen LogP) is 2.14. The molecule has 0 radical (unpaired) electrons. The van der Waals surface area contributed by atoms with Gasteiger partial charge in [0, 0.05) is 6.07 Å². The number of hydrogen-bond acceptors (Lipinski definition) is 7. The second kappa shape index (κ2) is 7.82. The number of anilines is 1. The Morgan fingerprint density at radius 1 is 1.21 bits per heavy atom. The van der Waals surface area contributed by atoms with Crippen molar-refractivity contribution in [3.05, 3.63) is 57.6 Å². The second-order valence-electron chi connectivity index (χ2n) is 6.16. The Labute approximate surface area is 159 Å². The number of carbonyl (C=O) groups is 2. The first-order valence-corrected chi connectivity index (χ1v) is 8.34. The van der Waals surface area contributed by atoms with Gasteiger partial charge in [-0.15, -0.1) is 5.10 Å². The molecule has 10 nitrogen and oxygen atoms in total. The van der Waals surface area contributed by atoms with Crippen LogP contribution in [0.15, 0.2) is 36.4 Å². The van der Waals surface area contributed by atoms with E-state index >= 15 is 0 Å². The molecule has 10 heteroatoms. The van der Waals surface area contributed by atoms with Crippen LogP contribution in [0.2, 0.25) is 0 Å². The zero-order valence-corrected chi connectivity index (χ0v) is 15.2. The van der Waals surface area contributed by atoms with Crippen molar-refractivity contribution in [3.63, 3.8) is 0 Å². The number of nitro benzene ring substituents is 1. The minimum absolute atomic E-state index is 0.0522. The van der Waals surface area contributed by atoms with Crippen LogP contribution in [0.5, 0.6) is 0 Å². The van der Waals surface area contributed by atoms with Gasteiger partial charge in [-0.25, -0.2) is 4.68 Å². The average Bonchev–Trinajstić information content (AvgIpc) is 3.05. The zero-order valence-electron chi connectivity index (χ0n) is 15.2. The number of aromatic nitrogens is 3. The highest BCUT2D eigenvalue weighted by atomic mass is 16.6. The predicted molar refractivity (Wildman–Crippen MR) is 99.7 cm³/mol. The van der Waals surface area contributed by atoms with E-state index in [0.29, 0.717) is 11.0 Å². The number of nitrogens with zero attached hydrogens (tertiary/aromatic N) is 4. The number of fused-ring (bicyclic) bond motifs is 1. The van der Waals surface area contributed by atoms with Crippen molar-refractivity contribution in [1.82, 2.24) is 15.0 Å². The number of esters is 1. The highest BCUT2D eigenvalue weighted by Crippen LogP contribution is 2.27. The van der Waals surface area contributed by atoms with Gasteiger partial charge < -0.3 is 10.1 Å². The third kappa shape index (κ3) is 4.11. The molecule has 1 N–H and O–H groups in total. The number of benzene rings is 2. The molecule has 3 aromatic rings. The number of amides is 1. The fourth-order valence-corrected chi connectivity index (χ4v) is 2.59. The molecule has 1 amide bonds. The molecular weight excluding hydrogens is 366 g/mol. The van der Waals surface area contributed by atoms with Crippen molar-refractivity contribution in [1.29, 1.82) is 0 Å². The highest BCUT2D eigenvalue weighted by molar-refractivity contribution is 5.95. The van der Waals surface area contributed by atoms with Crippen LogP contribution in [0.3, 0.4) is 0 Å². The van der Waals surface area contributed by atoms with Gasteiger partial charge in [-0.1, -0.05) is 17.3 Å². The van der Waals surface area contributed by atoms with Crippen LogP contribution in [0.1, 0.15) is 11.1 Å². The number of para-hydroxylation sites is 1. The molecule has 2 aromatic carbocycles. The van der Waals surface area contributed by atoms with Gasteiger partial charge in [0.15, 0.2) is 6.61 Å². The molecule has 0 unspecified atom stereocenters. The first-order chi connectivity index (χ1) is 13.3.